The SMILES string of the molecule is CC(=O)c1cc2c(cc1N)C(C)(C)CC2(C)C. The van der Waals surface area contributed by atoms with Crippen LogP contribution in [0.4, 0.5) is 5.69 Å². The highest BCUT2D eigenvalue weighted by molar-refractivity contribution is 5.99. The lowest BCUT2D eigenvalue weighted by atomic mass is 9.82. The fraction of sp³-hybridized carbons (Fsp3) is 0.533. The third-order valence-corrected chi connectivity index (χ3v) is 3.91. The minimum atomic E-state index is 0.0470. The van der Waals surface area contributed by atoms with E-state index < -0.39 is 0 Å². The number of hydrogen-bond donors (Lipinski definition) is 1. The van der Waals surface area contributed by atoms with Crippen molar-refractivity contribution in [1.29, 1.82) is 0 Å². The van der Waals surface area contributed by atoms with Gasteiger partial charge < -0.3 is 5.73 Å². The normalized spacial score (nSPS) is 20.1. The maximum atomic E-state index is 11.6. The minimum absolute atomic E-state index is 0.0470. The second-order valence-corrected chi connectivity index (χ2v) is 6.49. The Balaban J connectivity index is 2.72. The number of hydrogen-bond acceptors (Lipinski definition) is 2. The summed E-state index contributed by atoms with van der Waals surface area (Å²) in [6.45, 7) is 10.5. The molecule has 2 rings (SSSR count). The lowest BCUT2D eigenvalue weighted by Crippen LogP contribution is -2.18. The van der Waals surface area contributed by atoms with Crippen LogP contribution >= 0.6 is 0 Å². The molecule has 92 valence electrons. The molecule has 0 spiro atoms. The predicted molar refractivity (Wildman–Crippen MR) is 71.5 cm³/mol. The van der Waals surface area contributed by atoms with Crippen molar-refractivity contribution in [2.75, 3.05) is 5.73 Å². The van der Waals surface area contributed by atoms with Gasteiger partial charge in [0.25, 0.3) is 0 Å². The Bertz CT molecular complexity index is 498. The average molecular weight is 231 g/mol. The Labute approximate surface area is 103 Å². The number of carbonyl (C=O) groups is 1. The Morgan fingerprint density at radius 1 is 1.12 bits per heavy atom. The van der Waals surface area contributed by atoms with Crippen LogP contribution in [0.25, 0.3) is 0 Å². The highest BCUT2D eigenvalue weighted by Gasteiger charge is 2.42. The summed E-state index contributed by atoms with van der Waals surface area (Å²) in [5.41, 5.74) is 10.1. The van der Waals surface area contributed by atoms with Crippen LogP contribution in [0.2, 0.25) is 0 Å². The van der Waals surface area contributed by atoms with E-state index in [2.05, 4.69) is 27.7 Å². The summed E-state index contributed by atoms with van der Waals surface area (Å²) in [5.74, 6) is 0.0470. The monoisotopic (exact) mass is 231 g/mol. The second kappa shape index (κ2) is 3.34. The van der Waals surface area contributed by atoms with Gasteiger partial charge in [-0.05, 0) is 47.4 Å². The second-order valence-electron chi connectivity index (χ2n) is 6.49. The molecular formula is C15H21NO. The van der Waals surface area contributed by atoms with E-state index in [1.54, 1.807) is 6.92 Å². The fourth-order valence-electron chi connectivity index (χ4n) is 3.34. The Morgan fingerprint density at radius 2 is 1.59 bits per heavy atom. The maximum absolute atomic E-state index is 11.6. The summed E-state index contributed by atoms with van der Waals surface area (Å²) in [6, 6.07) is 4.00. The van der Waals surface area contributed by atoms with Crippen molar-refractivity contribution >= 4 is 11.5 Å². The first kappa shape index (κ1) is 12.2. The van der Waals surface area contributed by atoms with Crippen LogP contribution in [0.1, 0.15) is 62.5 Å². The van der Waals surface area contributed by atoms with Crippen molar-refractivity contribution in [3.63, 3.8) is 0 Å². The molecule has 0 aromatic heterocycles. The first-order valence-corrected chi connectivity index (χ1v) is 6.10. The van der Waals surface area contributed by atoms with Gasteiger partial charge in [0.2, 0.25) is 0 Å². The number of Topliss-reactive ketones (excluding diaryl/α,β-unsaturated/α-hetero) is 1. The van der Waals surface area contributed by atoms with Gasteiger partial charge in [0.05, 0.1) is 0 Å². The third kappa shape index (κ3) is 1.76. The standard InChI is InChI=1S/C15H21NO/c1-9(17)10-6-11-12(7-13(10)16)15(4,5)8-14(11,2)3/h6-7H,8,16H2,1-5H3. The molecule has 0 heterocycles. The molecule has 0 bridgehead atoms. The Kier molecular flexibility index (Phi) is 2.39. The lowest BCUT2D eigenvalue weighted by molar-refractivity contribution is 0.101. The molecule has 0 saturated carbocycles. The highest BCUT2D eigenvalue weighted by atomic mass is 16.1. The van der Waals surface area contributed by atoms with E-state index in [4.69, 9.17) is 5.73 Å². The number of fused-ring (bicyclic) bond motifs is 1. The van der Waals surface area contributed by atoms with E-state index in [1.807, 2.05) is 12.1 Å². The van der Waals surface area contributed by atoms with Crippen LogP contribution in [-0.2, 0) is 10.8 Å². The summed E-state index contributed by atoms with van der Waals surface area (Å²) in [4.78, 5) is 11.6. The van der Waals surface area contributed by atoms with Crippen LogP contribution < -0.4 is 5.73 Å². The molecule has 0 unspecified atom stereocenters. The number of nitrogens with two attached hydrogens (primary N) is 1. The van der Waals surface area contributed by atoms with Crippen molar-refractivity contribution in [3.05, 3.63) is 28.8 Å². The zero-order valence-corrected chi connectivity index (χ0v) is 11.3. The summed E-state index contributed by atoms with van der Waals surface area (Å²) in [7, 11) is 0. The molecule has 0 amide bonds. The molecule has 17 heavy (non-hydrogen) atoms. The molecule has 0 fully saturated rings. The molecular weight excluding hydrogens is 210 g/mol. The van der Waals surface area contributed by atoms with Crippen LogP contribution in [0.5, 0.6) is 0 Å². The topological polar surface area (TPSA) is 43.1 Å². The predicted octanol–water partition coefficient (Wildman–Crippen LogP) is 3.43. The molecule has 2 N–H and O–H groups in total. The van der Waals surface area contributed by atoms with Crippen LogP contribution in [0.3, 0.4) is 0 Å². The van der Waals surface area contributed by atoms with Crippen molar-refractivity contribution in [2.45, 2.75) is 51.9 Å². The largest absolute Gasteiger partial charge is 0.398 e. The fourth-order valence-corrected chi connectivity index (χ4v) is 3.34. The van der Waals surface area contributed by atoms with E-state index in [1.165, 1.54) is 11.1 Å². The van der Waals surface area contributed by atoms with E-state index in [-0.39, 0.29) is 16.6 Å². The van der Waals surface area contributed by atoms with Gasteiger partial charge in [-0.2, -0.15) is 0 Å². The molecule has 1 aliphatic carbocycles. The Morgan fingerprint density at radius 3 is 2.06 bits per heavy atom. The number of benzene rings is 1. The van der Waals surface area contributed by atoms with Gasteiger partial charge in [0.1, 0.15) is 0 Å². The van der Waals surface area contributed by atoms with Crippen molar-refractivity contribution in [3.8, 4) is 0 Å². The van der Waals surface area contributed by atoms with Gasteiger partial charge in [0.15, 0.2) is 5.78 Å². The smallest absolute Gasteiger partial charge is 0.161 e. The van der Waals surface area contributed by atoms with Gasteiger partial charge in [-0.3, -0.25) is 4.79 Å². The first-order valence-electron chi connectivity index (χ1n) is 6.10. The molecule has 0 saturated heterocycles. The van der Waals surface area contributed by atoms with E-state index in [0.29, 0.717) is 11.3 Å². The van der Waals surface area contributed by atoms with Gasteiger partial charge in [-0.15, -0.1) is 0 Å². The van der Waals surface area contributed by atoms with E-state index in [0.717, 1.165) is 6.42 Å². The highest BCUT2D eigenvalue weighted by Crippen LogP contribution is 2.50. The number of ketones is 1. The van der Waals surface area contributed by atoms with Crippen LogP contribution in [0.15, 0.2) is 12.1 Å². The number of nitrogen functional groups attached to an aromatic ring is 1. The molecule has 1 aromatic rings. The van der Waals surface area contributed by atoms with E-state index >= 15 is 0 Å². The van der Waals surface area contributed by atoms with Gasteiger partial charge in [0, 0.05) is 11.3 Å². The number of carbonyl (C=O) groups excluding carboxylic acids is 1. The maximum Gasteiger partial charge on any atom is 0.161 e. The third-order valence-electron chi connectivity index (χ3n) is 3.91. The zero-order chi connectivity index (χ0) is 13.0. The van der Waals surface area contributed by atoms with Crippen LogP contribution in [-0.4, -0.2) is 5.78 Å². The van der Waals surface area contributed by atoms with Gasteiger partial charge >= 0.3 is 0 Å². The summed E-state index contributed by atoms with van der Waals surface area (Å²) in [6.07, 6.45) is 1.09. The number of anilines is 1. The van der Waals surface area contributed by atoms with Crippen molar-refractivity contribution in [1.82, 2.24) is 0 Å². The molecule has 0 aliphatic heterocycles. The Hall–Kier alpha value is -1.31. The van der Waals surface area contributed by atoms with Crippen molar-refractivity contribution in [2.24, 2.45) is 0 Å². The lowest BCUT2D eigenvalue weighted by Gasteiger charge is -2.22. The molecule has 1 aromatic carbocycles. The molecule has 0 radical (unpaired) electrons. The number of rotatable bonds is 1. The molecule has 1 aliphatic rings. The van der Waals surface area contributed by atoms with Crippen molar-refractivity contribution < 1.29 is 4.79 Å². The molecule has 2 heteroatoms. The van der Waals surface area contributed by atoms with Crippen LogP contribution in [0, 0.1) is 0 Å². The molecule has 2 nitrogen and oxygen atoms in total. The zero-order valence-electron chi connectivity index (χ0n) is 11.3. The average Bonchev–Trinajstić information content (AvgIpc) is 2.30. The minimum Gasteiger partial charge on any atom is -0.398 e. The molecule has 0 atom stereocenters. The summed E-state index contributed by atoms with van der Waals surface area (Å²) in [5, 5.41) is 0. The quantitative estimate of drug-likeness (QED) is 0.594. The van der Waals surface area contributed by atoms with Gasteiger partial charge in [-0.1, -0.05) is 27.7 Å². The first-order chi connectivity index (χ1) is 7.65. The summed E-state index contributed by atoms with van der Waals surface area (Å²) < 4.78 is 0. The van der Waals surface area contributed by atoms with E-state index in [9.17, 15) is 4.79 Å². The van der Waals surface area contributed by atoms with Gasteiger partial charge in [-0.25, -0.2) is 0 Å². The summed E-state index contributed by atoms with van der Waals surface area (Å²) >= 11 is 0.